The molecule has 0 radical (unpaired) electrons. The Balaban J connectivity index is 1.29. The van der Waals surface area contributed by atoms with Crippen LogP contribution in [-0.2, 0) is 12.8 Å². The first-order valence-corrected chi connectivity index (χ1v) is 13.2. The summed E-state index contributed by atoms with van der Waals surface area (Å²) in [5, 5.41) is 0.889. The quantitative estimate of drug-likeness (QED) is 0.276. The van der Waals surface area contributed by atoms with Crippen LogP contribution < -0.4 is 5.73 Å². The number of hydrogen-bond acceptors (Lipinski definition) is 5. The average molecular weight is 460 g/mol. The van der Waals surface area contributed by atoms with Crippen molar-refractivity contribution in [3.63, 3.8) is 0 Å². The molecular weight excluding hydrogens is 443 g/mol. The molecule has 2 aliphatic rings. The molecular formula is C25H17NS4. The van der Waals surface area contributed by atoms with Crippen molar-refractivity contribution in [2.75, 3.05) is 5.73 Å². The molecule has 2 aliphatic carbocycles. The minimum absolute atomic E-state index is 0.889. The SMILES string of the molecule is Cc1ccc(-c2cc3c(s2)-c2cc4c(cc2C3)-c2sc(-c3ccc(N)s3)cc2C4)s1. The van der Waals surface area contributed by atoms with Gasteiger partial charge in [0.15, 0.2) is 0 Å². The predicted molar refractivity (Wildman–Crippen MR) is 134 cm³/mol. The van der Waals surface area contributed by atoms with E-state index in [9.17, 15) is 0 Å². The Hall–Kier alpha value is -2.18. The van der Waals surface area contributed by atoms with Crippen molar-refractivity contribution < 1.29 is 0 Å². The van der Waals surface area contributed by atoms with E-state index in [0.29, 0.717) is 0 Å². The fourth-order valence-electron chi connectivity index (χ4n) is 4.69. The summed E-state index contributed by atoms with van der Waals surface area (Å²) >= 11 is 7.47. The van der Waals surface area contributed by atoms with E-state index < -0.39 is 0 Å². The summed E-state index contributed by atoms with van der Waals surface area (Å²) in [6, 6.07) is 18.4. The van der Waals surface area contributed by atoms with E-state index in [0.717, 1.165) is 17.8 Å². The van der Waals surface area contributed by atoms with Crippen LogP contribution in [0.15, 0.2) is 48.5 Å². The molecule has 1 nitrogen and oxygen atoms in total. The number of anilines is 1. The van der Waals surface area contributed by atoms with E-state index >= 15 is 0 Å². The molecule has 0 saturated carbocycles. The normalized spacial score (nSPS) is 13.4. The van der Waals surface area contributed by atoms with Crippen LogP contribution >= 0.6 is 45.3 Å². The van der Waals surface area contributed by atoms with Gasteiger partial charge in [-0.2, -0.15) is 0 Å². The molecule has 146 valence electrons. The van der Waals surface area contributed by atoms with Crippen LogP contribution in [0.2, 0.25) is 0 Å². The van der Waals surface area contributed by atoms with E-state index in [1.807, 2.05) is 40.1 Å². The van der Waals surface area contributed by atoms with E-state index in [2.05, 4.69) is 49.4 Å². The Kier molecular flexibility index (Phi) is 3.60. The standard InChI is InChI=1S/C25H17NS4/c1-12-2-3-19(27-12)21-10-15-6-13-9-18-14(8-17(13)24(15)29-21)7-16-11-22(30-25(16)18)20-4-5-23(26)28-20/h2-5,8-11H,6-7,26H2,1H3. The number of hydrogen-bond donors (Lipinski definition) is 1. The Bertz CT molecular complexity index is 1360. The van der Waals surface area contributed by atoms with Gasteiger partial charge in [0.05, 0.1) is 5.00 Å². The summed E-state index contributed by atoms with van der Waals surface area (Å²) in [7, 11) is 0. The zero-order valence-electron chi connectivity index (χ0n) is 16.2. The van der Waals surface area contributed by atoms with E-state index in [4.69, 9.17) is 5.73 Å². The molecule has 1 aromatic carbocycles. The lowest BCUT2D eigenvalue weighted by atomic mass is 10.0. The zero-order valence-corrected chi connectivity index (χ0v) is 19.5. The molecule has 0 fully saturated rings. The molecule has 4 heterocycles. The highest BCUT2D eigenvalue weighted by molar-refractivity contribution is 7.25. The third-order valence-corrected chi connectivity index (χ3v) is 10.8. The number of nitrogens with two attached hydrogens (primary N) is 1. The van der Waals surface area contributed by atoms with Crippen LogP contribution in [0, 0.1) is 6.92 Å². The fraction of sp³-hybridized carbons (Fsp3) is 0.120. The van der Waals surface area contributed by atoms with Crippen LogP contribution in [-0.4, -0.2) is 0 Å². The number of nitrogen functional groups attached to an aromatic ring is 1. The highest BCUT2D eigenvalue weighted by Crippen LogP contribution is 2.52. The van der Waals surface area contributed by atoms with Gasteiger partial charge in [-0.3, -0.25) is 0 Å². The predicted octanol–water partition coefficient (Wildman–Crippen LogP) is 8.30. The number of benzene rings is 1. The maximum absolute atomic E-state index is 5.95. The third-order valence-electron chi connectivity index (χ3n) is 6.05. The van der Waals surface area contributed by atoms with Crippen molar-refractivity contribution in [3.05, 3.63) is 75.7 Å². The summed E-state index contributed by atoms with van der Waals surface area (Å²) in [6.07, 6.45) is 2.11. The second-order valence-electron chi connectivity index (χ2n) is 8.06. The Morgan fingerprint density at radius 1 is 0.600 bits per heavy atom. The lowest BCUT2D eigenvalue weighted by molar-refractivity contribution is 1.24. The minimum Gasteiger partial charge on any atom is -0.391 e. The second kappa shape index (κ2) is 6.17. The van der Waals surface area contributed by atoms with Crippen LogP contribution in [0.1, 0.15) is 27.1 Å². The lowest BCUT2D eigenvalue weighted by Gasteiger charge is -2.06. The molecule has 0 spiro atoms. The molecule has 5 heteroatoms. The van der Waals surface area contributed by atoms with Crippen LogP contribution in [0.3, 0.4) is 0 Å². The molecule has 7 rings (SSSR count). The average Bonchev–Trinajstić information content (AvgIpc) is 3.50. The van der Waals surface area contributed by atoms with Gasteiger partial charge in [0.2, 0.25) is 0 Å². The molecule has 4 aromatic heterocycles. The molecule has 0 atom stereocenters. The van der Waals surface area contributed by atoms with Gasteiger partial charge in [0.25, 0.3) is 0 Å². The van der Waals surface area contributed by atoms with Crippen molar-refractivity contribution in [1.29, 1.82) is 0 Å². The van der Waals surface area contributed by atoms with Gasteiger partial charge < -0.3 is 5.73 Å². The maximum Gasteiger partial charge on any atom is 0.0863 e. The number of rotatable bonds is 2. The monoisotopic (exact) mass is 459 g/mol. The fourth-order valence-corrected chi connectivity index (χ4v) is 8.95. The Morgan fingerprint density at radius 2 is 1.17 bits per heavy atom. The van der Waals surface area contributed by atoms with Gasteiger partial charge in [-0.1, -0.05) is 0 Å². The maximum atomic E-state index is 5.95. The summed E-state index contributed by atoms with van der Waals surface area (Å²) in [5.74, 6) is 0. The number of thiophene rings is 4. The van der Waals surface area contributed by atoms with Gasteiger partial charge in [-0.05, 0) is 102 Å². The number of aryl methyl sites for hydroxylation is 1. The first kappa shape index (κ1) is 17.5. The molecule has 0 saturated heterocycles. The van der Waals surface area contributed by atoms with Crippen LogP contribution in [0.5, 0.6) is 0 Å². The van der Waals surface area contributed by atoms with Crippen molar-refractivity contribution >= 4 is 50.3 Å². The molecule has 0 bridgehead atoms. The van der Waals surface area contributed by atoms with Gasteiger partial charge in [0, 0.05) is 34.1 Å². The first-order valence-electron chi connectivity index (χ1n) is 9.97. The molecule has 2 N–H and O–H groups in total. The zero-order chi connectivity index (χ0) is 20.0. The molecule has 30 heavy (non-hydrogen) atoms. The second-order valence-corrected chi connectivity index (χ2v) is 12.6. The van der Waals surface area contributed by atoms with Gasteiger partial charge in [-0.15, -0.1) is 45.3 Å². The summed E-state index contributed by atoms with van der Waals surface area (Å²) < 4.78 is 0. The molecule has 0 unspecified atom stereocenters. The van der Waals surface area contributed by atoms with E-state index in [1.165, 1.54) is 67.5 Å². The highest BCUT2D eigenvalue weighted by Gasteiger charge is 2.29. The van der Waals surface area contributed by atoms with Crippen molar-refractivity contribution in [1.82, 2.24) is 0 Å². The van der Waals surface area contributed by atoms with Gasteiger partial charge >= 0.3 is 0 Å². The largest absolute Gasteiger partial charge is 0.391 e. The summed E-state index contributed by atoms with van der Waals surface area (Å²) in [5.41, 5.74) is 14.8. The Morgan fingerprint density at radius 3 is 1.67 bits per heavy atom. The summed E-state index contributed by atoms with van der Waals surface area (Å²) in [6.45, 7) is 2.19. The smallest absolute Gasteiger partial charge is 0.0863 e. The Labute approximate surface area is 191 Å². The van der Waals surface area contributed by atoms with E-state index in [-0.39, 0.29) is 0 Å². The molecule has 0 aliphatic heterocycles. The van der Waals surface area contributed by atoms with E-state index in [1.54, 1.807) is 11.3 Å². The van der Waals surface area contributed by atoms with Gasteiger partial charge in [0.1, 0.15) is 0 Å². The minimum atomic E-state index is 0.889. The van der Waals surface area contributed by atoms with Crippen LogP contribution in [0.4, 0.5) is 5.00 Å². The van der Waals surface area contributed by atoms with Crippen molar-refractivity contribution in [3.8, 4) is 40.4 Å². The molecule has 5 aromatic rings. The van der Waals surface area contributed by atoms with Crippen LogP contribution in [0.25, 0.3) is 40.4 Å². The first-order chi connectivity index (χ1) is 14.6. The van der Waals surface area contributed by atoms with Gasteiger partial charge in [-0.25, -0.2) is 0 Å². The topological polar surface area (TPSA) is 26.0 Å². The lowest BCUT2D eigenvalue weighted by Crippen LogP contribution is -1.86. The highest BCUT2D eigenvalue weighted by atomic mass is 32.1. The van der Waals surface area contributed by atoms with Crippen molar-refractivity contribution in [2.45, 2.75) is 19.8 Å². The van der Waals surface area contributed by atoms with Crippen molar-refractivity contribution in [2.24, 2.45) is 0 Å². The molecule has 0 amide bonds. The third kappa shape index (κ3) is 2.50. The summed E-state index contributed by atoms with van der Waals surface area (Å²) in [4.78, 5) is 9.78. The number of fused-ring (bicyclic) bond motifs is 6.